The molecule has 2 unspecified atom stereocenters. The highest BCUT2D eigenvalue weighted by molar-refractivity contribution is 14.1. The van der Waals surface area contributed by atoms with Crippen molar-refractivity contribution in [3.05, 3.63) is 26.8 Å². The molecule has 2 atom stereocenters. The number of aryl methyl sites for hydroxylation is 1. The Hall–Kier alpha value is -0.660. The average Bonchev–Trinajstić information content (AvgIpc) is 2.65. The minimum Gasteiger partial charge on any atom is -0.491 e. The van der Waals surface area contributed by atoms with E-state index in [1.54, 1.807) is 0 Å². The van der Waals surface area contributed by atoms with Crippen LogP contribution in [0.3, 0.4) is 0 Å². The molecule has 2 fully saturated rings. The molecule has 1 aromatic carbocycles. The smallest absolute Gasteiger partial charge is 0.178 e. The molecular formula is C24H35IN2O2. The zero-order valence-corrected chi connectivity index (χ0v) is 20.3. The van der Waals surface area contributed by atoms with Gasteiger partial charge >= 0.3 is 0 Å². The van der Waals surface area contributed by atoms with E-state index in [4.69, 9.17) is 4.74 Å². The predicted octanol–water partition coefficient (Wildman–Crippen LogP) is 4.62. The van der Waals surface area contributed by atoms with Crippen LogP contribution < -0.4 is 4.74 Å². The van der Waals surface area contributed by atoms with Gasteiger partial charge in [0.1, 0.15) is 12.4 Å². The normalized spacial score (nSPS) is 31.4. The van der Waals surface area contributed by atoms with Crippen molar-refractivity contribution in [1.82, 2.24) is 9.80 Å². The van der Waals surface area contributed by atoms with Crippen LogP contribution in [0.4, 0.5) is 0 Å². The summed E-state index contributed by atoms with van der Waals surface area (Å²) in [6.45, 7) is 13.3. The lowest BCUT2D eigenvalue weighted by atomic mass is 9.76. The number of piperidine rings is 2. The van der Waals surface area contributed by atoms with Crippen molar-refractivity contribution in [3.8, 4) is 5.75 Å². The molecule has 3 heterocycles. The highest BCUT2D eigenvalue weighted by Crippen LogP contribution is 2.40. The molecule has 0 amide bonds. The number of carbonyl (C=O) groups excluding carboxylic acids is 1. The van der Waals surface area contributed by atoms with E-state index in [1.807, 2.05) is 6.07 Å². The van der Waals surface area contributed by atoms with Crippen LogP contribution in [0.25, 0.3) is 0 Å². The molecule has 0 bridgehead atoms. The minimum atomic E-state index is -0.460. The first-order valence-corrected chi connectivity index (χ1v) is 12.4. The molecule has 29 heavy (non-hydrogen) atoms. The Bertz CT molecular complexity index is 741. The van der Waals surface area contributed by atoms with Crippen molar-refractivity contribution in [3.63, 3.8) is 0 Å². The van der Waals surface area contributed by atoms with E-state index in [0.29, 0.717) is 24.2 Å². The zero-order valence-electron chi connectivity index (χ0n) is 18.2. The van der Waals surface area contributed by atoms with Crippen LogP contribution in [0.1, 0.15) is 55.5 Å². The summed E-state index contributed by atoms with van der Waals surface area (Å²) in [7, 11) is 0. The Morgan fingerprint density at radius 2 is 1.66 bits per heavy atom. The summed E-state index contributed by atoms with van der Waals surface area (Å²) in [5, 5.41) is 0. The number of halogens is 1. The molecule has 0 N–H and O–H groups in total. The van der Waals surface area contributed by atoms with Gasteiger partial charge in [0.15, 0.2) is 5.78 Å². The van der Waals surface area contributed by atoms with Gasteiger partial charge in [0.25, 0.3) is 0 Å². The fourth-order valence-corrected chi connectivity index (χ4v) is 6.54. The minimum absolute atomic E-state index is 0.303. The van der Waals surface area contributed by atoms with E-state index in [-0.39, 0.29) is 0 Å². The Balaban J connectivity index is 1.65. The highest BCUT2D eigenvalue weighted by Gasteiger charge is 2.47. The number of Topliss-reactive ketones (excluding diaryl/α,β-unsaturated/α-hetero) is 1. The summed E-state index contributed by atoms with van der Waals surface area (Å²) in [6.07, 6.45) is 5.08. The summed E-state index contributed by atoms with van der Waals surface area (Å²) < 4.78 is 7.40. The number of nitrogens with zero attached hydrogens (tertiary/aromatic N) is 2. The molecule has 4 rings (SSSR count). The Labute approximate surface area is 189 Å². The lowest BCUT2D eigenvalue weighted by Gasteiger charge is -2.45. The third kappa shape index (κ3) is 4.67. The van der Waals surface area contributed by atoms with Crippen LogP contribution in [0.2, 0.25) is 0 Å². The van der Waals surface area contributed by atoms with Gasteiger partial charge in [0.2, 0.25) is 0 Å². The first kappa shape index (κ1) is 21.6. The summed E-state index contributed by atoms with van der Waals surface area (Å²) in [4.78, 5) is 19.1. The second-order valence-corrected chi connectivity index (χ2v) is 11.1. The van der Waals surface area contributed by atoms with E-state index in [9.17, 15) is 4.79 Å². The number of rotatable bonds is 4. The third-order valence-electron chi connectivity index (χ3n) is 6.94. The first-order chi connectivity index (χ1) is 13.9. The molecule has 0 saturated carbocycles. The maximum atomic E-state index is 14.0. The van der Waals surface area contributed by atoms with Crippen LogP contribution in [-0.2, 0) is 0 Å². The molecule has 0 spiro atoms. The first-order valence-electron chi connectivity index (χ1n) is 11.3. The largest absolute Gasteiger partial charge is 0.491 e. The van der Waals surface area contributed by atoms with Gasteiger partial charge < -0.3 is 14.5 Å². The highest BCUT2D eigenvalue weighted by atomic mass is 127. The van der Waals surface area contributed by atoms with E-state index < -0.39 is 5.41 Å². The summed E-state index contributed by atoms with van der Waals surface area (Å²) in [5.74, 6) is 2.53. The summed E-state index contributed by atoms with van der Waals surface area (Å²) in [6, 6.07) is 4.16. The van der Waals surface area contributed by atoms with Crippen molar-refractivity contribution < 1.29 is 9.53 Å². The van der Waals surface area contributed by atoms with E-state index in [2.05, 4.69) is 59.2 Å². The van der Waals surface area contributed by atoms with Gasteiger partial charge in [-0.2, -0.15) is 0 Å². The monoisotopic (exact) mass is 510 g/mol. The molecule has 2 saturated heterocycles. The molecule has 0 aromatic heterocycles. The molecule has 4 nitrogen and oxygen atoms in total. The number of likely N-dealkylation sites (tertiary alicyclic amines) is 2. The zero-order chi connectivity index (χ0) is 20.6. The molecule has 3 aliphatic heterocycles. The van der Waals surface area contributed by atoms with Crippen molar-refractivity contribution >= 4 is 28.4 Å². The standard InChI is InChI=1S/C24H35IN2O2/c1-17-6-4-8-26(12-17)14-24(15-27-9-5-7-18(2)13-27)16-29-22-20(23(24)28)10-19(3)11-21(22)25/h10-11,17-18H,4-9,12-16H2,1-3H3. The molecule has 0 aliphatic carbocycles. The van der Waals surface area contributed by atoms with E-state index >= 15 is 0 Å². The molecule has 3 aliphatic rings. The number of fused-ring (bicyclic) bond motifs is 1. The fourth-order valence-electron chi connectivity index (χ4n) is 5.61. The lowest BCUT2D eigenvalue weighted by Crippen LogP contribution is -2.57. The van der Waals surface area contributed by atoms with Crippen molar-refractivity contribution in [2.45, 2.75) is 46.5 Å². The van der Waals surface area contributed by atoms with Gasteiger partial charge in [0.05, 0.1) is 14.5 Å². The third-order valence-corrected chi connectivity index (χ3v) is 7.74. The van der Waals surface area contributed by atoms with Gasteiger partial charge in [-0.25, -0.2) is 0 Å². The van der Waals surface area contributed by atoms with Gasteiger partial charge in [-0.05, 0) is 97.8 Å². The van der Waals surface area contributed by atoms with Gasteiger partial charge in [0, 0.05) is 26.2 Å². The predicted molar refractivity (Wildman–Crippen MR) is 126 cm³/mol. The fraction of sp³-hybridized carbons (Fsp3) is 0.708. The quantitative estimate of drug-likeness (QED) is 0.554. The average molecular weight is 510 g/mol. The molecule has 1 aromatic rings. The Morgan fingerprint density at radius 3 is 2.21 bits per heavy atom. The second-order valence-electron chi connectivity index (χ2n) is 9.99. The van der Waals surface area contributed by atoms with Crippen LogP contribution in [0.15, 0.2) is 12.1 Å². The van der Waals surface area contributed by atoms with Crippen LogP contribution in [0, 0.1) is 27.7 Å². The number of ketones is 1. The summed E-state index contributed by atoms with van der Waals surface area (Å²) >= 11 is 2.31. The lowest BCUT2D eigenvalue weighted by molar-refractivity contribution is 0.0162. The van der Waals surface area contributed by atoms with Gasteiger partial charge in [-0.3, -0.25) is 4.79 Å². The maximum Gasteiger partial charge on any atom is 0.178 e. The number of hydrogen-bond donors (Lipinski definition) is 0. The molecule has 0 radical (unpaired) electrons. The van der Waals surface area contributed by atoms with Crippen molar-refractivity contribution in [2.75, 3.05) is 45.9 Å². The van der Waals surface area contributed by atoms with Crippen LogP contribution >= 0.6 is 22.6 Å². The molecule has 160 valence electrons. The number of benzene rings is 1. The maximum absolute atomic E-state index is 14.0. The number of ether oxygens (including phenoxy) is 1. The van der Waals surface area contributed by atoms with Crippen molar-refractivity contribution in [2.24, 2.45) is 17.3 Å². The van der Waals surface area contributed by atoms with Crippen molar-refractivity contribution in [1.29, 1.82) is 0 Å². The van der Waals surface area contributed by atoms with E-state index in [1.165, 1.54) is 25.7 Å². The second kappa shape index (κ2) is 8.83. The van der Waals surface area contributed by atoms with Gasteiger partial charge in [-0.1, -0.05) is 13.8 Å². The van der Waals surface area contributed by atoms with E-state index in [0.717, 1.165) is 59.7 Å². The molecular weight excluding hydrogens is 475 g/mol. The Kier molecular flexibility index (Phi) is 6.57. The SMILES string of the molecule is Cc1cc(I)c2c(c1)C(=O)C(CN1CCCC(C)C1)(CN1CCCC(C)C1)CO2. The summed E-state index contributed by atoms with van der Waals surface area (Å²) in [5.41, 5.74) is 1.48. The van der Waals surface area contributed by atoms with Crippen LogP contribution in [-0.4, -0.2) is 61.5 Å². The number of carbonyl (C=O) groups is 1. The number of hydrogen-bond acceptors (Lipinski definition) is 4. The van der Waals surface area contributed by atoms with Gasteiger partial charge in [-0.15, -0.1) is 0 Å². The topological polar surface area (TPSA) is 32.8 Å². The van der Waals surface area contributed by atoms with Crippen LogP contribution in [0.5, 0.6) is 5.75 Å². The Morgan fingerprint density at radius 1 is 1.07 bits per heavy atom. The molecule has 5 heteroatoms.